The van der Waals surface area contributed by atoms with E-state index in [0.717, 1.165) is 22.6 Å². The topological polar surface area (TPSA) is 74.8 Å². The quantitative estimate of drug-likeness (QED) is 0.912. The van der Waals surface area contributed by atoms with Gasteiger partial charge in [0, 0.05) is 10.9 Å². The van der Waals surface area contributed by atoms with Crippen molar-refractivity contribution in [3.05, 3.63) is 41.9 Å². The van der Waals surface area contributed by atoms with Crippen LogP contribution in [0.5, 0.6) is 0 Å². The minimum Gasteiger partial charge on any atom is -0.332 e. The van der Waals surface area contributed by atoms with Crippen LogP contribution < -0.4 is 4.72 Å². The van der Waals surface area contributed by atoms with Crippen molar-refractivity contribution in [2.75, 3.05) is 5.75 Å². The van der Waals surface area contributed by atoms with Crippen LogP contribution in [-0.2, 0) is 10.0 Å². The third-order valence-electron chi connectivity index (χ3n) is 3.22. The van der Waals surface area contributed by atoms with Gasteiger partial charge in [0.2, 0.25) is 0 Å². The number of aryl methyl sites for hydroxylation is 1. The number of hydrogen-bond acceptors (Lipinski definition) is 4. The molecule has 0 radical (unpaired) electrons. The zero-order valence-corrected chi connectivity index (χ0v) is 12.6. The Hall–Kier alpha value is -1.31. The van der Waals surface area contributed by atoms with E-state index < -0.39 is 10.0 Å². The van der Waals surface area contributed by atoms with E-state index >= 15 is 0 Å². The number of rotatable bonds is 3. The predicted octanol–water partition coefficient (Wildman–Crippen LogP) is 2.23. The van der Waals surface area contributed by atoms with E-state index in [1.165, 1.54) is 6.20 Å². The second-order valence-electron chi connectivity index (χ2n) is 4.68. The first kappa shape index (κ1) is 13.7. The molecular weight excluding hydrogens is 294 g/mol. The van der Waals surface area contributed by atoms with Gasteiger partial charge in [-0.05, 0) is 30.7 Å². The summed E-state index contributed by atoms with van der Waals surface area (Å²) in [5.74, 6) is 1.50. The first-order valence-electron chi connectivity index (χ1n) is 6.32. The number of imidazole rings is 1. The molecule has 0 saturated carbocycles. The molecule has 106 valence electrons. The Balaban J connectivity index is 1.89. The molecule has 1 atom stereocenters. The molecule has 1 aliphatic rings. The summed E-state index contributed by atoms with van der Waals surface area (Å²) in [5, 5.41) is 0.116. The number of benzene rings is 1. The number of aromatic nitrogens is 2. The van der Waals surface area contributed by atoms with Gasteiger partial charge in [-0.25, -0.2) is 18.1 Å². The number of nitrogens with one attached hydrogen (secondary N) is 2. The lowest BCUT2D eigenvalue weighted by Crippen LogP contribution is -2.31. The fraction of sp³-hybridized carbons (Fsp3) is 0.308. The number of fused-ring (bicyclic) bond motifs is 1. The van der Waals surface area contributed by atoms with Gasteiger partial charge >= 0.3 is 0 Å². The van der Waals surface area contributed by atoms with E-state index in [9.17, 15) is 8.42 Å². The highest BCUT2D eigenvalue weighted by Crippen LogP contribution is 2.36. The lowest BCUT2D eigenvalue weighted by molar-refractivity contribution is 0.543. The average Bonchev–Trinajstić information content (AvgIpc) is 2.86. The van der Waals surface area contributed by atoms with Gasteiger partial charge in [0.25, 0.3) is 10.0 Å². The molecule has 1 aromatic carbocycles. The van der Waals surface area contributed by atoms with Crippen molar-refractivity contribution in [1.29, 1.82) is 0 Å². The summed E-state index contributed by atoms with van der Waals surface area (Å²) in [5.41, 5.74) is 1.04. The van der Waals surface area contributed by atoms with Gasteiger partial charge in [0.05, 0.1) is 6.20 Å². The highest BCUT2D eigenvalue weighted by molar-refractivity contribution is 7.99. The fourth-order valence-corrected chi connectivity index (χ4v) is 4.60. The largest absolute Gasteiger partial charge is 0.332 e. The van der Waals surface area contributed by atoms with E-state index in [2.05, 4.69) is 14.7 Å². The molecule has 2 aromatic rings. The van der Waals surface area contributed by atoms with E-state index in [-0.39, 0.29) is 11.1 Å². The zero-order chi connectivity index (χ0) is 14.2. The minimum atomic E-state index is -3.56. The van der Waals surface area contributed by atoms with E-state index in [0.29, 0.717) is 5.82 Å². The van der Waals surface area contributed by atoms with Gasteiger partial charge < -0.3 is 4.98 Å². The van der Waals surface area contributed by atoms with Crippen LogP contribution in [0.3, 0.4) is 0 Å². The third-order valence-corrected chi connectivity index (χ3v) is 5.73. The van der Waals surface area contributed by atoms with Crippen molar-refractivity contribution in [1.82, 2.24) is 14.7 Å². The monoisotopic (exact) mass is 309 g/mol. The fourth-order valence-electron chi connectivity index (χ4n) is 2.25. The van der Waals surface area contributed by atoms with Crippen molar-refractivity contribution in [3.8, 4) is 0 Å². The summed E-state index contributed by atoms with van der Waals surface area (Å²) >= 11 is 1.76. The van der Waals surface area contributed by atoms with Crippen LogP contribution in [0.1, 0.15) is 23.9 Å². The first-order chi connectivity index (χ1) is 9.56. The Kier molecular flexibility index (Phi) is 3.57. The number of thioether (sulfide) groups is 1. The molecular formula is C13H15N3O2S2. The highest BCUT2D eigenvalue weighted by Gasteiger charge is 2.26. The molecule has 1 aromatic heterocycles. The second kappa shape index (κ2) is 5.23. The lowest BCUT2D eigenvalue weighted by Gasteiger charge is -2.25. The van der Waals surface area contributed by atoms with Crippen molar-refractivity contribution in [3.63, 3.8) is 0 Å². The summed E-state index contributed by atoms with van der Waals surface area (Å²) in [6.45, 7) is 1.73. The number of aromatic amines is 1. The predicted molar refractivity (Wildman–Crippen MR) is 78.2 cm³/mol. The lowest BCUT2D eigenvalue weighted by atomic mass is 10.1. The van der Waals surface area contributed by atoms with Gasteiger partial charge in [0.1, 0.15) is 5.82 Å². The van der Waals surface area contributed by atoms with Gasteiger partial charge in [-0.1, -0.05) is 18.2 Å². The molecule has 1 unspecified atom stereocenters. The van der Waals surface area contributed by atoms with Crippen LogP contribution in [0.2, 0.25) is 0 Å². The van der Waals surface area contributed by atoms with E-state index in [4.69, 9.17) is 0 Å². The molecule has 0 fully saturated rings. The summed E-state index contributed by atoms with van der Waals surface area (Å²) in [6, 6.07) is 7.74. The van der Waals surface area contributed by atoms with Crippen LogP contribution in [0.4, 0.5) is 0 Å². The smallest absolute Gasteiger partial charge is 0.258 e. The van der Waals surface area contributed by atoms with Crippen LogP contribution in [-0.4, -0.2) is 24.1 Å². The summed E-state index contributed by atoms with van der Waals surface area (Å²) in [4.78, 5) is 7.85. The third kappa shape index (κ3) is 2.61. The zero-order valence-electron chi connectivity index (χ0n) is 11.0. The van der Waals surface area contributed by atoms with E-state index in [1.807, 2.05) is 24.3 Å². The summed E-state index contributed by atoms with van der Waals surface area (Å²) < 4.78 is 27.4. The maximum Gasteiger partial charge on any atom is 0.258 e. The number of nitrogens with zero attached hydrogens (tertiary/aromatic N) is 1. The molecule has 2 heterocycles. The molecule has 0 spiro atoms. The molecule has 20 heavy (non-hydrogen) atoms. The number of sulfonamides is 1. The summed E-state index contributed by atoms with van der Waals surface area (Å²) in [6.07, 6.45) is 2.13. The van der Waals surface area contributed by atoms with E-state index in [1.54, 1.807) is 18.7 Å². The maximum atomic E-state index is 12.3. The van der Waals surface area contributed by atoms with Gasteiger partial charge in [-0.2, -0.15) is 0 Å². The average molecular weight is 309 g/mol. The van der Waals surface area contributed by atoms with Crippen molar-refractivity contribution < 1.29 is 8.42 Å². The highest BCUT2D eigenvalue weighted by atomic mass is 32.2. The van der Waals surface area contributed by atoms with Crippen LogP contribution >= 0.6 is 11.8 Å². The van der Waals surface area contributed by atoms with Crippen molar-refractivity contribution >= 4 is 21.8 Å². The Bertz CT molecular complexity index is 725. The first-order valence-corrected chi connectivity index (χ1v) is 8.79. The Morgan fingerprint density at radius 2 is 2.20 bits per heavy atom. The van der Waals surface area contributed by atoms with Gasteiger partial charge in [-0.15, -0.1) is 11.8 Å². The molecule has 0 bridgehead atoms. The molecule has 5 nitrogen and oxygen atoms in total. The molecule has 7 heteroatoms. The maximum absolute atomic E-state index is 12.3. The number of H-pyrrole nitrogens is 1. The van der Waals surface area contributed by atoms with Gasteiger partial charge in [-0.3, -0.25) is 0 Å². The minimum absolute atomic E-state index is 0.116. The normalized spacial score (nSPS) is 18.8. The SMILES string of the molecule is Cc1ncc(S(=O)(=O)NC2CCSc3ccccc32)[nH]1. The molecule has 2 N–H and O–H groups in total. The van der Waals surface area contributed by atoms with Crippen LogP contribution in [0.25, 0.3) is 0 Å². The Morgan fingerprint density at radius 1 is 1.40 bits per heavy atom. The standard InChI is InChI=1S/C13H15N3O2S2/c1-9-14-8-13(15-9)20(17,18)16-11-6-7-19-12-5-3-2-4-10(11)12/h2-5,8,11,16H,6-7H2,1H3,(H,14,15). The van der Waals surface area contributed by atoms with Crippen molar-refractivity contribution in [2.45, 2.75) is 29.3 Å². The van der Waals surface area contributed by atoms with Crippen LogP contribution in [0.15, 0.2) is 40.4 Å². The summed E-state index contributed by atoms with van der Waals surface area (Å²) in [7, 11) is -3.56. The Labute approximate surface area is 122 Å². The molecule has 3 rings (SSSR count). The Morgan fingerprint density at radius 3 is 2.95 bits per heavy atom. The number of hydrogen-bond donors (Lipinski definition) is 2. The molecule has 0 amide bonds. The van der Waals surface area contributed by atoms with Crippen molar-refractivity contribution in [2.24, 2.45) is 0 Å². The second-order valence-corrected chi connectivity index (χ2v) is 7.50. The molecule has 1 aliphatic heterocycles. The van der Waals surface area contributed by atoms with Gasteiger partial charge in [0.15, 0.2) is 5.03 Å². The molecule has 0 saturated heterocycles. The van der Waals surface area contributed by atoms with Crippen LogP contribution in [0, 0.1) is 6.92 Å². The molecule has 0 aliphatic carbocycles.